The Morgan fingerprint density at radius 2 is 2.12 bits per heavy atom. The van der Waals surface area contributed by atoms with Gasteiger partial charge in [-0.1, -0.05) is 0 Å². The Morgan fingerprint density at radius 3 is 2.62 bits per heavy atom. The van der Waals surface area contributed by atoms with E-state index in [-0.39, 0.29) is 6.10 Å². The van der Waals surface area contributed by atoms with Gasteiger partial charge in [-0.05, 0) is 40.0 Å². The van der Waals surface area contributed by atoms with E-state index in [4.69, 9.17) is 9.47 Å². The highest BCUT2D eigenvalue weighted by Crippen LogP contribution is 2.25. The number of rotatable bonds is 5. The summed E-state index contributed by atoms with van der Waals surface area (Å²) in [6, 6.07) is 0. The van der Waals surface area contributed by atoms with Crippen molar-refractivity contribution in [2.75, 3.05) is 20.7 Å². The van der Waals surface area contributed by atoms with Crippen molar-refractivity contribution in [2.45, 2.75) is 51.9 Å². The van der Waals surface area contributed by atoms with Crippen molar-refractivity contribution in [3.05, 3.63) is 0 Å². The van der Waals surface area contributed by atoms with E-state index in [2.05, 4.69) is 12.0 Å². The highest BCUT2D eigenvalue weighted by atomic mass is 16.7. The lowest BCUT2D eigenvalue weighted by Crippen LogP contribution is -2.21. The third-order valence-electron chi connectivity index (χ3n) is 2.50. The standard InChI is InChI=1S/C12H24N2O2/c1-10(13-14(4)5)7-6-8-11-9-15-12(2,3)16-11/h11H,6-9H2,1-5H3/b13-10-/t11-/m0/s1. The van der Waals surface area contributed by atoms with Crippen LogP contribution in [-0.2, 0) is 9.47 Å². The zero-order valence-electron chi connectivity index (χ0n) is 11.1. The molecule has 1 rings (SSSR count). The van der Waals surface area contributed by atoms with E-state index >= 15 is 0 Å². The maximum Gasteiger partial charge on any atom is 0.163 e. The minimum atomic E-state index is -0.391. The first-order valence-corrected chi connectivity index (χ1v) is 5.92. The average Bonchev–Trinajstić information content (AvgIpc) is 2.44. The van der Waals surface area contributed by atoms with Crippen molar-refractivity contribution in [1.29, 1.82) is 0 Å². The van der Waals surface area contributed by atoms with Crippen LogP contribution >= 0.6 is 0 Å². The lowest BCUT2D eigenvalue weighted by Gasteiger charge is -2.17. The summed E-state index contributed by atoms with van der Waals surface area (Å²) in [7, 11) is 3.89. The Kier molecular flexibility index (Phi) is 4.74. The van der Waals surface area contributed by atoms with Crippen LogP contribution in [0.25, 0.3) is 0 Å². The topological polar surface area (TPSA) is 34.1 Å². The van der Waals surface area contributed by atoms with Crippen LogP contribution in [-0.4, -0.2) is 43.3 Å². The molecule has 1 fully saturated rings. The fourth-order valence-corrected chi connectivity index (χ4v) is 1.88. The fourth-order valence-electron chi connectivity index (χ4n) is 1.88. The second-order valence-corrected chi connectivity index (χ2v) is 5.03. The zero-order chi connectivity index (χ0) is 12.2. The molecule has 1 saturated heterocycles. The van der Waals surface area contributed by atoms with Crippen molar-refractivity contribution >= 4 is 5.71 Å². The van der Waals surface area contributed by atoms with Gasteiger partial charge in [0.1, 0.15) is 0 Å². The lowest BCUT2D eigenvalue weighted by atomic mass is 10.1. The van der Waals surface area contributed by atoms with E-state index in [1.54, 1.807) is 0 Å². The van der Waals surface area contributed by atoms with Crippen molar-refractivity contribution in [2.24, 2.45) is 5.10 Å². The van der Waals surface area contributed by atoms with Crippen molar-refractivity contribution in [1.82, 2.24) is 5.01 Å². The van der Waals surface area contributed by atoms with Gasteiger partial charge in [-0.15, -0.1) is 0 Å². The Balaban J connectivity index is 2.17. The smallest absolute Gasteiger partial charge is 0.163 e. The van der Waals surface area contributed by atoms with Crippen LogP contribution < -0.4 is 0 Å². The number of ether oxygens (including phenoxy) is 2. The van der Waals surface area contributed by atoms with Crippen LogP contribution in [0.3, 0.4) is 0 Å². The number of nitrogens with zero attached hydrogens (tertiary/aromatic N) is 2. The highest BCUT2D eigenvalue weighted by molar-refractivity contribution is 5.81. The van der Waals surface area contributed by atoms with Gasteiger partial charge in [-0.3, -0.25) is 0 Å². The molecule has 0 amide bonds. The zero-order valence-corrected chi connectivity index (χ0v) is 11.1. The maximum atomic E-state index is 5.74. The Bertz CT molecular complexity index is 249. The molecule has 0 spiro atoms. The van der Waals surface area contributed by atoms with E-state index in [1.165, 1.54) is 5.71 Å². The van der Waals surface area contributed by atoms with E-state index in [0.717, 1.165) is 25.9 Å². The molecule has 1 aliphatic heterocycles. The molecule has 4 nitrogen and oxygen atoms in total. The Hall–Kier alpha value is -0.610. The second kappa shape index (κ2) is 5.64. The largest absolute Gasteiger partial charge is 0.348 e. The van der Waals surface area contributed by atoms with E-state index in [9.17, 15) is 0 Å². The molecule has 0 aromatic heterocycles. The van der Waals surface area contributed by atoms with Gasteiger partial charge in [0.15, 0.2) is 5.79 Å². The molecule has 0 radical (unpaired) electrons. The van der Waals surface area contributed by atoms with Gasteiger partial charge in [0, 0.05) is 19.8 Å². The molecule has 0 bridgehead atoms. The molecule has 4 heteroatoms. The first kappa shape index (κ1) is 13.5. The third kappa shape index (κ3) is 4.94. The molecule has 1 atom stereocenters. The minimum absolute atomic E-state index is 0.252. The molecule has 0 aromatic rings. The number of hydrogen-bond donors (Lipinski definition) is 0. The maximum absolute atomic E-state index is 5.74. The lowest BCUT2D eigenvalue weighted by molar-refractivity contribution is -0.138. The first-order chi connectivity index (χ1) is 7.39. The van der Waals surface area contributed by atoms with Crippen LogP contribution in [0.2, 0.25) is 0 Å². The SMILES string of the molecule is C/C(CCC[C@H]1COC(C)(C)O1)=N/N(C)C. The van der Waals surface area contributed by atoms with E-state index < -0.39 is 5.79 Å². The highest BCUT2D eigenvalue weighted by Gasteiger charge is 2.31. The van der Waals surface area contributed by atoms with Gasteiger partial charge in [-0.25, -0.2) is 0 Å². The molecule has 16 heavy (non-hydrogen) atoms. The summed E-state index contributed by atoms with van der Waals surface area (Å²) in [4.78, 5) is 0. The van der Waals surface area contributed by atoms with Crippen molar-refractivity contribution in [3.8, 4) is 0 Å². The fraction of sp³-hybridized carbons (Fsp3) is 0.917. The summed E-state index contributed by atoms with van der Waals surface area (Å²) in [5.41, 5.74) is 1.17. The molecule has 0 unspecified atom stereocenters. The van der Waals surface area contributed by atoms with Crippen LogP contribution in [0.4, 0.5) is 0 Å². The van der Waals surface area contributed by atoms with Gasteiger partial charge >= 0.3 is 0 Å². The van der Waals surface area contributed by atoms with Crippen LogP contribution in [0.1, 0.15) is 40.0 Å². The summed E-state index contributed by atoms with van der Waals surface area (Å²) in [6.45, 7) is 6.71. The summed E-state index contributed by atoms with van der Waals surface area (Å²) >= 11 is 0. The van der Waals surface area contributed by atoms with Gasteiger partial charge < -0.3 is 14.5 Å². The Labute approximate surface area is 98.6 Å². The predicted octanol–water partition coefficient (Wildman–Crippen LogP) is 2.25. The van der Waals surface area contributed by atoms with Crippen LogP contribution in [0.5, 0.6) is 0 Å². The number of hydrogen-bond acceptors (Lipinski definition) is 4. The molecule has 94 valence electrons. The minimum Gasteiger partial charge on any atom is -0.348 e. The third-order valence-corrected chi connectivity index (χ3v) is 2.50. The first-order valence-electron chi connectivity index (χ1n) is 5.92. The molecule has 0 aromatic carbocycles. The summed E-state index contributed by atoms with van der Waals surface area (Å²) in [6.07, 6.45) is 3.43. The monoisotopic (exact) mass is 228 g/mol. The van der Waals surface area contributed by atoms with E-state index in [0.29, 0.717) is 0 Å². The molecule has 0 aliphatic carbocycles. The van der Waals surface area contributed by atoms with Gasteiger partial charge in [-0.2, -0.15) is 5.10 Å². The Morgan fingerprint density at radius 1 is 1.44 bits per heavy atom. The second-order valence-electron chi connectivity index (χ2n) is 5.03. The van der Waals surface area contributed by atoms with Crippen LogP contribution in [0.15, 0.2) is 5.10 Å². The summed E-state index contributed by atoms with van der Waals surface area (Å²) in [5, 5.41) is 6.19. The molecule has 1 heterocycles. The molecular formula is C12H24N2O2. The van der Waals surface area contributed by atoms with Gasteiger partial charge in [0.05, 0.1) is 12.7 Å². The molecular weight excluding hydrogens is 204 g/mol. The molecule has 0 saturated carbocycles. The van der Waals surface area contributed by atoms with E-state index in [1.807, 2.05) is 33.0 Å². The van der Waals surface area contributed by atoms with Crippen molar-refractivity contribution in [3.63, 3.8) is 0 Å². The summed E-state index contributed by atoms with van der Waals surface area (Å²) < 4.78 is 11.3. The van der Waals surface area contributed by atoms with Crippen LogP contribution in [0, 0.1) is 0 Å². The summed E-state index contributed by atoms with van der Waals surface area (Å²) in [5.74, 6) is -0.391. The quantitative estimate of drug-likeness (QED) is 0.534. The van der Waals surface area contributed by atoms with Gasteiger partial charge in [0.2, 0.25) is 0 Å². The average molecular weight is 228 g/mol. The predicted molar refractivity (Wildman–Crippen MR) is 65.6 cm³/mol. The van der Waals surface area contributed by atoms with Crippen molar-refractivity contribution < 1.29 is 9.47 Å². The molecule has 1 aliphatic rings. The number of hydrazone groups is 1. The molecule has 0 N–H and O–H groups in total. The van der Waals surface area contributed by atoms with Gasteiger partial charge in [0.25, 0.3) is 0 Å². The normalized spacial score (nSPS) is 24.8.